The maximum absolute atomic E-state index is 2.27. The molecular formula is C26H30. The predicted octanol–water partition coefficient (Wildman–Crippen LogP) is 7.42. The molecule has 0 atom stereocenters. The summed E-state index contributed by atoms with van der Waals surface area (Å²) in [6.45, 7) is 9.06. The van der Waals surface area contributed by atoms with Crippen molar-refractivity contribution in [2.24, 2.45) is 11.8 Å². The summed E-state index contributed by atoms with van der Waals surface area (Å²) in [6, 6.07) is 26.9. The highest BCUT2D eigenvalue weighted by Crippen LogP contribution is 2.26. The molecule has 134 valence electrons. The maximum atomic E-state index is 2.27. The van der Waals surface area contributed by atoms with Gasteiger partial charge in [-0.2, -0.15) is 0 Å². The van der Waals surface area contributed by atoms with E-state index >= 15 is 0 Å². The second-order valence-electron chi connectivity index (χ2n) is 8.17. The zero-order valence-electron chi connectivity index (χ0n) is 16.5. The largest absolute Gasteiger partial charge is 0.0625 e. The van der Waals surface area contributed by atoms with Gasteiger partial charge in [-0.05, 0) is 58.1 Å². The first-order valence-corrected chi connectivity index (χ1v) is 9.80. The van der Waals surface area contributed by atoms with Crippen molar-refractivity contribution in [1.29, 1.82) is 0 Å². The van der Waals surface area contributed by atoms with E-state index in [0.717, 1.165) is 12.8 Å². The van der Waals surface area contributed by atoms with Crippen molar-refractivity contribution in [3.63, 3.8) is 0 Å². The highest BCUT2D eigenvalue weighted by Gasteiger charge is 2.03. The average molecular weight is 343 g/mol. The van der Waals surface area contributed by atoms with Crippen molar-refractivity contribution in [2.75, 3.05) is 0 Å². The molecular weight excluding hydrogens is 312 g/mol. The Morgan fingerprint density at radius 3 is 0.885 bits per heavy atom. The van der Waals surface area contributed by atoms with Crippen LogP contribution in [0.15, 0.2) is 72.8 Å². The van der Waals surface area contributed by atoms with Crippen LogP contribution in [0.1, 0.15) is 38.8 Å². The summed E-state index contributed by atoms with van der Waals surface area (Å²) in [4.78, 5) is 0. The first-order chi connectivity index (χ1) is 12.5. The summed E-state index contributed by atoms with van der Waals surface area (Å²) < 4.78 is 0. The molecule has 3 aromatic rings. The number of benzene rings is 3. The molecule has 0 saturated heterocycles. The number of hydrogen-bond donors (Lipinski definition) is 0. The van der Waals surface area contributed by atoms with Crippen LogP contribution in [0.5, 0.6) is 0 Å². The Balaban J connectivity index is 1.73. The van der Waals surface area contributed by atoms with E-state index in [9.17, 15) is 0 Å². The van der Waals surface area contributed by atoms with Crippen LogP contribution < -0.4 is 0 Å². The van der Waals surface area contributed by atoms with Crippen molar-refractivity contribution in [3.05, 3.63) is 83.9 Å². The Hall–Kier alpha value is -2.34. The van der Waals surface area contributed by atoms with E-state index in [-0.39, 0.29) is 0 Å². The lowest BCUT2D eigenvalue weighted by Gasteiger charge is -2.09. The Morgan fingerprint density at radius 2 is 0.654 bits per heavy atom. The molecule has 0 aromatic heterocycles. The van der Waals surface area contributed by atoms with Crippen LogP contribution in [0.25, 0.3) is 22.3 Å². The first kappa shape index (κ1) is 18.5. The molecule has 0 N–H and O–H groups in total. The summed E-state index contributed by atoms with van der Waals surface area (Å²) in [5.74, 6) is 1.40. The quantitative estimate of drug-likeness (QED) is 0.437. The van der Waals surface area contributed by atoms with Gasteiger partial charge in [-0.1, -0.05) is 100 Å². The zero-order valence-corrected chi connectivity index (χ0v) is 16.5. The molecule has 0 bridgehead atoms. The van der Waals surface area contributed by atoms with E-state index < -0.39 is 0 Å². The van der Waals surface area contributed by atoms with E-state index in [4.69, 9.17) is 0 Å². The minimum Gasteiger partial charge on any atom is -0.0625 e. The molecule has 26 heavy (non-hydrogen) atoms. The van der Waals surface area contributed by atoms with Crippen LogP contribution in [0, 0.1) is 11.8 Å². The van der Waals surface area contributed by atoms with Gasteiger partial charge in [0.2, 0.25) is 0 Å². The van der Waals surface area contributed by atoms with Gasteiger partial charge in [0, 0.05) is 0 Å². The molecule has 0 amide bonds. The van der Waals surface area contributed by atoms with Crippen molar-refractivity contribution < 1.29 is 0 Å². The topological polar surface area (TPSA) is 0 Å². The Kier molecular flexibility index (Phi) is 5.93. The van der Waals surface area contributed by atoms with Crippen molar-refractivity contribution in [2.45, 2.75) is 40.5 Å². The summed E-state index contributed by atoms with van der Waals surface area (Å²) in [6.07, 6.45) is 2.29. The standard InChI is InChI=1S/C26H30/c1-19(2)17-21-5-9-23(10-6-21)25-13-15-26(16-14-25)24-11-7-22(8-12-24)18-20(3)4/h5-16,19-20H,17-18H2,1-4H3. The third-order valence-corrected chi connectivity index (χ3v) is 4.75. The van der Waals surface area contributed by atoms with Crippen LogP contribution in [0.3, 0.4) is 0 Å². The van der Waals surface area contributed by atoms with E-state index in [1.165, 1.54) is 33.4 Å². The Morgan fingerprint density at radius 1 is 0.423 bits per heavy atom. The van der Waals surface area contributed by atoms with Gasteiger partial charge in [0.25, 0.3) is 0 Å². The maximum Gasteiger partial charge on any atom is -0.0184 e. The van der Waals surface area contributed by atoms with E-state index in [0.29, 0.717) is 11.8 Å². The van der Waals surface area contributed by atoms with Crippen LogP contribution in [0.4, 0.5) is 0 Å². The predicted molar refractivity (Wildman–Crippen MR) is 114 cm³/mol. The molecule has 3 aromatic carbocycles. The fraction of sp³-hybridized carbons (Fsp3) is 0.308. The Labute approximate surface area is 158 Å². The van der Waals surface area contributed by atoms with Gasteiger partial charge >= 0.3 is 0 Å². The van der Waals surface area contributed by atoms with Gasteiger partial charge in [-0.25, -0.2) is 0 Å². The molecule has 0 aliphatic rings. The Bertz CT molecular complexity index is 731. The minimum absolute atomic E-state index is 0.701. The number of hydrogen-bond acceptors (Lipinski definition) is 0. The molecule has 0 nitrogen and oxygen atoms in total. The SMILES string of the molecule is CC(C)Cc1ccc(-c2ccc(-c3ccc(CC(C)C)cc3)cc2)cc1. The molecule has 0 heterocycles. The summed E-state index contributed by atoms with van der Waals surface area (Å²) in [5, 5.41) is 0. The normalized spacial score (nSPS) is 11.3. The fourth-order valence-electron chi connectivity index (χ4n) is 3.46. The molecule has 0 spiro atoms. The van der Waals surface area contributed by atoms with Crippen LogP contribution in [-0.4, -0.2) is 0 Å². The molecule has 3 rings (SSSR count). The minimum atomic E-state index is 0.701. The van der Waals surface area contributed by atoms with Crippen molar-refractivity contribution in [1.82, 2.24) is 0 Å². The van der Waals surface area contributed by atoms with E-state index in [1.54, 1.807) is 0 Å². The molecule has 0 fully saturated rings. The third-order valence-electron chi connectivity index (χ3n) is 4.75. The highest BCUT2D eigenvalue weighted by atomic mass is 14.1. The number of rotatable bonds is 6. The smallest absolute Gasteiger partial charge is 0.0184 e. The van der Waals surface area contributed by atoms with Crippen molar-refractivity contribution >= 4 is 0 Å². The third kappa shape index (κ3) is 4.85. The highest BCUT2D eigenvalue weighted by molar-refractivity contribution is 5.70. The van der Waals surface area contributed by atoms with E-state index in [1.807, 2.05) is 0 Å². The van der Waals surface area contributed by atoms with Gasteiger partial charge < -0.3 is 0 Å². The van der Waals surface area contributed by atoms with Gasteiger partial charge in [-0.15, -0.1) is 0 Å². The summed E-state index contributed by atoms with van der Waals surface area (Å²) in [5.41, 5.74) is 7.97. The van der Waals surface area contributed by atoms with Crippen LogP contribution >= 0.6 is 0 Å². The molecule has 0 unspecified atom stereocenters. The van der Waals surface area contributed by atoms with E-state index in [2.05, 4.69) is 100 Å². The van der Waals surface area contributed by atoms with Gasteiger partial charge in [0.15, 0.2) is 0 Å². The summed E-state index contributed by atoms with van der Waals surface area (Å²) >= 11 is 0. The molecule has 0 aliphatic heterocycles. The summed E-state index contributed by atoms with van der Waals surface area (Å²) in [7, 11) is 0. The van der Waals surface area contributed by atoms with Crippen LogP contribution in [0.2, 0.25) is 0 Å². The van der Waals surface area contributed by atoms with Gasteiger partial charge in [-0.3, -0.25) is 0 Å². The van der Waals surface area contributed by atoms with Gasteiger partial charge in [0.05, 0.1) is 0 Å². The molecule has 0 radical (unpaired) electrons. The average Bonchev–Trinajstić information content (AvgIpc) is 2.62. The fourth-order valence-corrected chi connectivity index (χ4v) is 3.46. The monoisotopic (exact) mass is 342 g/mol. The molecule has 0 saturated carbocycles. The second kappa shape index (κ2) is 8.36. The lowest BCUT2D eigenvalue weighted by Crippen LogP contribution is -1.93. The van der Waals surface area contributed by atoms with Crippen molar-refractivity contribution in [3.8, 4) is 22.3 Å². The van der Waals surface area contributed by atoms with Gasteiger partial charge in [0.1, 0.15) is 0 Å². The lowest BCUT2D eigenvalue weighted by molar-refractivity contribution is 0.647. The molecule has 0 heteroatoms. The zero-order chi connectivity index (χ0) is 18.5. The molecule has 0 aliphatic carbocycles. The second-order valence-corrected chi connectivity index (χ2v) is 8.17. The van der Waals surface area contributed by atoms with Crippen LogP contribution in [-0.2, 0) is 12.8 Å². The lowest BCUT2D eigenvalue weighted by atomic mass is 9.96. The first-order valence-electron chi connectivity index (χ1n) is 9.80.